The van der Waals surface area contributed by atoms with Crippen LogP contribution in [-0.2, 0) is 11.0 Å². The third-order valence-corrected chi connectivity index (χ3v) is 5.32. The molecule has 0 saturated heterocycles. The fourth-order valence-electron chi connectivity index (χ4n) is 2.40. The zero-order chi connectivity index (χ0) is 15.6. The summed E-state index contributed by atoms with van der Waals surface area (Å²) >= 11 is 6.60. The standard InChI is InChI=1S/C15H14ClNOS.C2H6/c1-10-7-8-12-14(9-10)19(18)17(2)13-6-4-3-5-11(13)15(12)16;1-2/h3-9,15H,1-2H3;1-2H3. The van der Waals surface area contributed by atoms with Crippen LogP contribution < -0.4 is 4.31 Å². The van der Waals surface area contributed by atoms with Gasteiger partial charge in [-0.3, -0.25) is 4.31 Å². The molecule has 0 amide bonds. The minimum atomic E-state index is -1.22. The second-order valence-electron chi connectivity index (χ2n) is 4.71. The Bertz CT molecular complexity index is 672. The topological polar surface area (TPSA) is 20.3 Å². The maximum absolute atomic E-state index is 12.7. The minimum absolute atomic E-state index is 0.263. The van der Waals surface area contributed by atoms with Gasteiger partial charge in [-0.1, -0.05) is 44.2 Å². The molecular formula is C17H20ClNOS. The molecule has 0 fully saturated rings. The molecule has 0 bridgehead atoms. The summed E-state index contributed by atoms with van der Waals surface area (Å²) in [6, 6.07) is 13.8. The van der Waals surface area contributed by atoms with Gasteiger partial charge in [-0.05, 0) is 35.7 Å². The Labute approximate surface area is 134 Å². The number of fused-ring (bicyclic) bond motifs is 2. The van der Waals surface area contributed by atoms with Crippen LogP contribution in [0, 0.1) is 6.92 Å². The number of aryl methyl sites for hydroxylation is 1. The van der Waals surface area contributed by atoms with E-state index in [0.717, 1.165) is 27.3 Å². The monoisotopic (exact) mass is 321 g/mol. The molecular weight excluding hydrogens is 302 g/mol. The summed E-state index contributed by atoms with van der Waals surface area (Å²) in [6.07, 6.45) is 0. The first-order chi connectivity index (χ1) is 10.1. The largest absolute Gasteiger partial charge is 0.290 e. The number of halogens is 1. The molecule has 0 aliphatic carbocycles. The summed E-state index contributed by atoms with van der Waals surface area (Å²) in [6.45, 7) is 6.00. The highest BCUT2D eigenvalue weighted by molar-refractivity contribution is 7.86. The van der Waals surface area contributed by atoms with E-state index in [1.807, 2.05) is 70.3 Å². The molecule has 0 saturated carbocycles. The molecule has 2 aromatic carbocycles. The molecule has 2 atom stereocenters. The normalized spacial score (nSPS) is 19.8. The Morgan fingerprint density at radius 3 is 2.48 bits per heavy atom. The molecule has 1 aliphatic heterocycles. The van der Waals surface area contributed by atoms with Crippen molar-refractivity contribution in [3.8, 4) is 0 Å². The molecule has 1 heterocycles. The molecule has 0 N–H and O–H groups in total. The molecule has 3 rings (SSSR count). The molecule has 21 heavy (non-hydrogen) atoms. The van der Waals surface area contributed by atoms with Crippen LogP contribution in [0.15, 0.2) is 47.4 Å². The number of hydrogen-bond acceptors (Lipinski definition) is 1. The van der Waals surface area contributed by atoms with Crippen LogP contribution in [0.5, 0.6) is 0 Å². The van der Waals surface area contributed by atoms with Crippen molar-refractivity contribution in [1.29, 1.82) is 0 Å². The summed E-state index contributed by atoms with van der Waals surface area (Å²) < 4.78 is 14.5. The predicted octanol–water partition coefficient (Wildman–Crippen LogP) is 4.82. The van der Waals surface area contributed by atoms with Gasteiger partial charge in [0.05, 0.1) is 16.0 Å². The van der Waals surface area contributed by atoms with Gasteiger partial charge in [-0.2, -0.15) is 0 Å². The summed E-state index contributed by atoms with van der Waals surface area (Å²) in [5.74, 6) is 0. The van der Waals surface area contributed by atoms with Crippen molar-refractivity contribution in [1.82, 2.24) is 0 Å². The Balaban J connectivity index is 0.000000774. The Hall–Kier alpha value is -1.32. The van der Waals surface area contributed by atoms with Crippen LogP contribution in [0.3, 0.4) is 0 Å². The van der Waals surface area contributed by atoms with Crippen molar-refractivity contribution in [3.63, 3.8) is 0 Å². The van der Waals surface area contributed by atoms with E-state index in [1.54, 1.807) is 4.31 Å². The lowest BCUT2D eigenvalue weighted by atomic mass is 10.0. The van der Waals surface area contributed by atoms with Crippen LogP contribution >= 0.6 is 11.6 Å². The summed E-state index contributed by atoms with van der Waals surface area (Å²) in [5, 5.41) is -0.263. The lowest BCUT2D eigenvalue weighted by molar-refractivity contribution is 0.681. The number of nitrogens with zero attached hydrogens (tertiary/aromatic N) is 1. The SMILES string of the molecule is CC.Cc1ccc2c(c1)S(=O)N(C)c1ccccc1C2Cl. The Morgan fingerprint density at radius 1 is 1.10 bits per heavy atom. The number of alkyl halides is 1. The molecule has 4 heteroatoms. The quantitative estimate of drug-likeness (QED) is 0.637. The van der Waals surface area contributed by atoms with E-state index in [2.05, 4.69) is 0 Å². The van der Waals surface area contributed by atoms with E-state index in [9.17, 15) is 4.21 Å². The number of para-hydroxylation sites is 1. The van der Waals surface area contributed by atoms with E-state index in [1.165, 1.54) is 0 Å². The van der Waals surface area contributed by atoms with E-state index in [4.69, 9.17) is 11.6 Å². The Kier molecular flexibility index (Phi) is 5.07. The molecule has 0 aromatic heterocycles. The first-order valence-corrected chi connectivity index (χ1v) is 8.63. The third-order valence-electron chi connectivity index (χ3n) is 3.43. The second-order valence-corrected chi connectivity index (χ2v) is 6.63. The highest BCUT2D eigenvalue weighted by atomic mass is 35.5. The second kappa shape index (κ2) is 6.63. The predicted molar refractivity (Wildman–Crippen MR) is 91.5 cm³/mol. The first-order valence-electron chi connectivity index (χ1n) is 7.09. The smallest absolute Gasteiger partial charge is 0.153 e. The van der Waals surface area contributed by atoms with Gasteiger partial charge in [0.2, 0.25) is 0 Å². The van der Waals surface area contributed by atoms with Crippen molar-refractivity contribution in [2.75, 3.05) is 11.4 Å². The third kappa shape index (κ3) is 2.85. The van der Waals surface area contributed by atoms with Crippen LogP contribution in [0.2, 0.25) is 0 Å². The van der Waals surface area contributed by atoms with Crippen LogP contribution in [0.4, 0.5) is 5.69 Å². The average molecular weight is 322 g/mol. The lowest BCUT2D eigenvalue weighted by Gasteiger charge is -2.18. The van der Waals surface area contributed by atoms with Gasteiger partial charge in [0, 0.05) is 7.05 Å². The van der Waals surface area contributed by atoms with E-state index >= 15 is 0 Å². The zero-order valence-electron chi connectivity index (χ0n) is 12.8. The van der Waals surface area contributed by atoms with Crippen molar-refractivity contribution in [2.45, 2.75) is 31.0 Å². The van der Waals surface area contributed by atoms with E-state index < -0.39 is 11.0 Å². The number of benzene rings is 2. The fourth-order valence-corrected chi connectivity index (χ4v) is 4.15. The maximum Gasteiger partial charge on any atom is 0.153 e. The minimum Gasteiger partial charge on any atom is -0.290 e. The van der Waals surface area contributed by atoms with Crippen molar-refractivity contribution in [2.24, 2.45) is 0 Å². The highest BCUT2D eigenvalue weighted by Crippen LogP contribution is 2.41. The van der Waals surface area contributed by atoms with Crippen molar-refractivity contribution in [3.05, 3.63) is 59.2 Å². The zero-order valence-corrected chi connectivity index (χ0v) is 14.3. The maximum atomic E-state index is 12.7. The molecule has 1 aliphatic rings. The summed E-state index contributed by atoms with van der Waals surface area (Å²) in [7, 11) is 0.623. The molecule has 2 unspecified atom stereocenters. The summed E-state index contributed by atoms with van der Waals surface area (Å²) in [5.41, 5.74) is 3.95. The lowest BCUT2D eigenvalue weighted by Crippen LogP contribution is -2.20. The van der Waals surface area contributed by atoms with Crippen LogP contribution in [0.1, 0.15) is 35.9 Å². The first kappa shape index (κ1) is 16.1. The van der Waals surface area contributed by atoms with Gasteiger partial charge >= 0.3 is 0 Å². The molecule has 0 spiro atoms. The van der Waals surface area contributed by atoms with Crippen molar-refractivity contribution < 1.29 is 4.21 Å². The molecule has 2 aromatic rings. The van der Waals surface area contributed by atoms with Gasteiger partial charge < -0.3 is 0 Å². The average Bonchev–Trinajstić information content (AvgIpc) is 2.61. The molecule has 112 valence electrons. The number of rotatable bonds is 0. The van der Waals surface area contributed by atoms with Gasteiger partial charge in [0.25, 0.3) is 0 Å². The Morgan fingerprint density at radius 2 is 1.76 bits per heavy atom. The fraction of sp³-hybridized carbons (Fsp3) is 0.294. The number of anilines is 1. The molecule has 0 radical (unpaired) electrons. The van der Waals surface area contributed by atoms with Gasteiger partial charge in [-0.15, -0.1) is 11.6 Å². The van der Waals surface area contributed by atoms with Gasteiger partial charge in [-0.25, -0.2) is 4.21 Å². The van der Waals surface area contributed by atoms with Gasteiger partial charge in [0.1, 0.15) is 0 Å². The van der Waals surface area contributed by atoms with E-state index in [-0.39, 0.29) is 5.38 Å². The van der Waals surface area contributed by atoms with Crippen LogP contribution in [0.25, 0.3) is 0 Å². The van der Waals surface area contributed by atoms with E-state index in [0.29, 0.717) is 0 Å². The van der Waals surface area contributed by atoms with Crippen LogP contribution in [-0.4, -0.2) is 11.3 Å². The molecule has 2 nitrogen and oxygen atoms in total. The summed E-state index contributed by atoms with van der Waals surface area (Å²) in [4.78, 5) is 0.804. The highest BCUT2D eigenvalue weighted by Gasteiger charge is 2.28. The number of hydrogen-bond donors (Lipinski definition) is 0. The van der Waals surface area contributed by atoms with Crippen molar-refractivity contribution >= 4 is 28.3 Å². The van der Waals surface area contributed by atoms with Gasteiger partial charge in [0.15, 0.2) is 11.0 Å².